The molecule has 1 aliphatic heterocycles. The van der Waals surface area contributed by atoms with Crippen LogP contribution in [0.5, 0.6) is 0 Å². The second-order valence-corrected chi connectivity index (χ2v) is 5.10. The largest absolute Gasteiger partial charge is 0.401 e. The van der Waals surface area contributed by atoms with Crippen LogP contribution in [0, 0.1) is 5.41 Å². The van der Waals surface area contributed by atoms with E-state index in [0.29, 0.717) is 26.2 Å². The van der Waals surface area contributed by atoms with Crippen molar-refractivity contribution in [2.45, 2.75) is 25.9 Å². The van der Waals surface area contributed by atoms with Gasteiger partial charge in [0, 0.05) is 25.1 Å². The molecule has 1 heterocycles. The van der Waals surface area contributed by atoms with Crippen molar-refractivity contribution in [1.29, 1.82) is 0 Å². The highest BCUT2D eigenvalue weighted by atomic mass is 19.4. The summed E-state index contributed by atoms with van der Waals surface area (Å²) in [6.07, 6.45) is -2.29. The van der Waals surface area contributed by atoms with Gasteiger partial charge in [-0.3, -0.25) is 4.90 Å². The van der Waals surface area contributed by atoms with Crippen molar-refractivity contribution in [3.05, 3.63) is 0 Å². The minimum absolute atomic E-state index is 0.186. The number of nitrogens with one attached hydrogen (secondary N) is 1. The molecule has 0 spiro atoms. The molecule has 1 saturated heterocycles. The second-order valence-electron chi connectivity index (χ2n) is 5.10. The Bertz CT molecular complexity index is 234. The average Bonchev–Trinajstić information content (AvgIpc) is 2.28. The van der Waals surface area contributed by atoms with Crippen molar-refractivity contribution in [1.82, 2.24) is 10.2 Å². The molecule has 0 saturated carbocycles. The molecule has 6 heteroatoms. The Hall–Kier alpha value is -0.330. The van der Waals surface area contributed by atoms with E-state index in [1.54, 1.807) is 6.92 Å². The normalized spacial score (nSPS) is 25.7. The second kappa shape index (κ2) is 6.73. The van der Waals surface area contributed by atoms with E-state index in [1.165, 1.54) is 4.90 Å². The van der Waals surface area contributed by atoms with Crippen molar-refractivity contribution in [2.24, 2.45) is 5.41 Å². The zero-order valence-electron chi connectivity index (χ0n) is 11.1. The molecule has 1 unspecified atom stereocenters. The van der Waals surface area contributed by atoms with Gasteiger partial charge in [-0.25, -0.2) is 0 Å². The van der Waals surface area contributed by atoms with Gasteiger partial charge < -0.3 is 10.1 Å². The smallest absolute Gasteiger partial charge is 0.381 e. The van der Waals surface area contributed by atoms with Crippen LogP contribution < -0.4 is 5.32 Å². The molecule has 18 heavy (non-hydrogen) atoms. The van der Waals surface area contributed by atoms with Crippen molar-refractivity contribution < 1.29 is 17.9 Å². The van der Waals surface area contributed by atoms with Gasteiger partial charge in [-0.05, 0) is 26.4 Å². The molecule has 1 fully saturated rings. The minimum Gasteiger partial charge on any atom is -0.381 e. The third kappa shape index (κ3) is 5.12. The summed E-state index contributed by atoms with van der Waals surface area (Å²) in [7, 11) is 1.83. The predicted molar refractivity (Wildman–Crippen MR) is 64.6 cm³/mol. The van der Waals surface area contributed by atoms with Crippen LogP contribution in [0.2, 0.25) is 0 Å². The van der Waals surface area contributed by atoms with Crippen LogP contribution >= 0.6 is 0 Å². The average molecular weight is 268 g/mol. The molecule has 0 aliphatic carbocycles. The van der Waals surface area contributed by atoms with Crippen molar-refractivity contribution in [3.8, 4) is 0 Å². The summed E-state index contributed by atoms with van der Waals surface area (Å²) in [6.45, 7) is 3.73. The highest BCUT2D eigenvalue weighted by molar-refractivity contribution is 4.87. The third-order valence-corrected chi connectivity index (χ3v) is 3.36. The van der Waals surface area contributed by atoms with Crippen LogP contribution in [0.3, 0.4) is 0 Å². The summed E-state index contributed by atoms with van der Waals surface area (Å²) in [5, 5.41) is 3.08. The molecular weight excluding hydrogens is 245 g/mol. The lowest BCUT2D eigenvalue weighted by Crippen LogP contribution is -2.50. The molecule has 0 aromatic heterocycles. The Morgan fingerprint density at radius 1 is 1.39 bits per heavy atom. The van der Waals surface area contributed by atoms with Gasteiger partial charge in [-0.1, -0.05) is 6.92 Å². The molecule has 0 radical (unpaired) electrons. The van der Waals surface area contributed by atoms with Gasteiger partial charge in [-0.15, -0.1) is 0 Å². The van der Waals surface area contributed by atoms with Crippen LogP contribution in [-0.4, -0.2) is 57.5 Å². The summed E-state index contributed by atoms with van der Waals surface area (Å²) in [5.74, 6) is 0. The van der Waals surface area contributed by atoms with E-state index >= 15 is 0 Å². The predicted octanol–water partition coefficient (Wildman–Crippen LogP) is 1.89. The molecular formula is C12H23F3N2O. The van der Waals surface area contributed by atoms with E-state index in [1.807, 2.05) is 7.05 Å². The van der Waals surface area contributed by atoms with Crippen LogP contribution in [-0.2, 0) is 4.74 Å². The molecule has 0 bridgehead atoms. The first-order valence-corrected chi connectivity index (χ1v) is 6.42. The van der Waals surface area contributed by atoms with Gasteiger partial charge in [0.25, 0.3) is 0 Å². The molecule has 1 atom stereocenters. The van der Waals surface area contributed by atoms with Gasteiger partial charge in [0.2, 0.25) is 0 Å². The summed E-state index contributed by atoms with van der Waals surface area (Å²) in [4.78, 5) is 1.46. The maximum Gasteiger partial charge on any atom is 0.401 e. The summed E-state index contributed by atoms with van der Waals surface area (Å²) < 4.78 is 42.9. The van der Waals surface area contributed by atoms with Gasteiger partial charge in [0.1, 0.15) is 0 Å². The molecule has 1 aliphatic rings. The number of hydrogen-bond acceptors (Lipinski definition) is 3. The summed E-state index contributed by atoms with van der Waals surface area (Å²) in [5.41, 5.74) is -0.186. The molecule has 0 aromatic carbocycles. The SMILES string of the molecule is CCN(CC(F)(F)F)CC1(CNC)CCCOC1. The fraction of sp³-hybridized carbons (Fsp3) is 1.00. The number of ether oxygens (including phenoxy) is 1. The number of rotatable bonds is 6. The zero-order valence-corrected chi connectivity index (χ0v) is 11.1. The van der Waals surface area contributed by atoms with E-state index in [-0.39, 0.29) is 5.41 Å². The highest BCUT2D eigenvalue weighted by Crippen LogP contribution is 2.30. The summed E-state index contributed by atoms with van der Waals surface area (Å²) >= 11 is 0. The fourth-order valence-corrected chi connectivity index (χ4v) is 2.61. The first-order chi connectivity index (χ1) is 8.41. The topological polar surface area (TPSA) is 24.5 Å². The highest BCUT2D eigenvalue weighted by Gasteiger charge is 2.37. The van der Waals surface area contributed by atoms with Gasteiger partial charge in [0.05, 0.1) is 13.2 Å². The summed E-state index contributed by atoms with van der Waals surface area (Å²) in [6, 6.07) is 0. The number of halogens is 3. The molecule has 0 amide bonds. The maximum absolute atomic E-state index is 12.5. The van der Waals surface area contributed by atoms with E-state index < -0.39 is 12.7 Å². The Kier molecular flexibility index (Phi) is 5.88. The number of alkyl halides is 3. The van der Waals surface area contributed by atoms with Crippen molar-refractivity contribution in [2.75, 3.05) is 46.4 Å². The van der Waals surface area contributed by atoms with E-state index in [0.717, 1.165) is 19.4 Å². The molecule has 1 rings (SSSR count). The van der Waals surface area contributed by atoms with Crippen LogP contribution in [0.4, 0.5) is 13.2 Å². The Labute approximate surface area is 107 Å². The van der Waals surface area contributed by atoms with E-state index in [9.17, 15) is 13.2 Å². The Morgan fingerprint density at radius 3 is 2.56 bits per heavy atom. The molecule has 1 N–H and O–H groups in total. The first kappa shape index (κ1) is 15.7. The molecule has 0 aromatic rings. The van der Waals surface area contributed by atoms with Crippen LogP contribution in [0.1, 0.15) is 19.8 Å². The first-order valence-electron chi connectivity index (χ1n) is 6.42. The van der Waals surface area contributed by atoms with Crippen LogP contribution in [0.15, 0.2) is 0 Å². The third-order valence-electron chi connectivity index (χ3n) is 3.36. The monoisotopic (exact) mass is 268 g/mol. The van der Waals surface area contributed by atoms with Crippen molar-refractivity contribution >= 4 is 0 Å². The zero-order chi connectivity index (χ0) is 13.6. The van der Waals surface area contributed by atoms with E-state index in [2.05, 4.69) is 5.32 Å². The number of nitrogens with zero attached hydrogens (tertiary/aromatic N) is 1. The van der Waals surface area contributed by atoms with Gasteiger partial charge in [-0.2, -0.15) is 13.2 Å². The lowest BCUT2D eigenvalue weighted by atomic mass is 9.81. The molecule has 108 valence electrons. The van der Waals surface area contributed by atoms with Crippen molar-refractivity contribution in [3.63, 3.8) is 0 Å². The maximum atomic E-state index is 12.5. The molecule has 3 nitrogen and oxygen atoms in total. The lowest BCUT2D eigenvalue weighted by Gasteiger charge is -2.40. The fourth-order valence-electron chi connectivity index (χ4n) is 2.61. The standard InChI is InChI=1S/C12H23F3N2O/c1-3-17(9-12(13,14)15)8-11(7-16-2)5-4-6-18-10-11/h16H,3-10H2,1-2H3. The van der Waals surface area contributed by atoms with Crippen LogP contribution in [0.25, 0.3) is 0 Å². The Balaban J connectivity index is 2.62. The van der Waals surface area contributed by atoms with Gasteiger partial charge in [0.15, 0.2) is 0 Å². The quantitative estimate of drug-likeness (QED) is 0.796. The number of hydrogen-bond donors (Lipinski definition) is 1. The lowest BCUT2D eigenvalue weighted by molar-refractivity contribution is -0.151. The minimum atomic E-state index is -4.13. The Morgan fingerprint density at radius 2 is 2.11 bits per heavy atom. The van der Waals surface area contributed by atoms with E-state index in [4.69, 9.17) is 4.74 Å². The van der Waals surface area contributed by atoms with Gasteiger partial charge >= 0.3 is 6.18 Å².